The van der Waals surface area contributed by atoms with Crippen molar-refractivity contribution in [3.8, 4) is 0 Å². The quantitative estimate of drug-likeness (QED) is 0.706. The van der Waals surface area contributed by atoms with E-state index in [1.165, 1.54) is 0 Å². The maximum atomic E-state index is 5.93. The summed E-state index contributed by atoms with van der Waals surface area (Å²) in [7, 11) is 0. The number of hydrogen-bond acceptors (Lipinski definition) is 4. The number of aromatic nitrogens is 2. The number of hydrogen-bond donors (Lipinski definition) is 1. The molecule has 0 spiro atoms. The number of benzene rings is 1. The summed E-state index contributed by atoms with van der Waals surface area (Å²) in [6.07, 6.45) is 0.985. The number of para-hydroxylation sites is 1. The first kappa shape index (κ1) is 14.0. The third-order valence-corrected chi connectivity index (χ3v) is 3.39. The molecule has 0 amide bonds. The molecule has 0 aliphatic rings. The normalized spacial score (nSPS) is 11.5. The number of ether oxygens (including phenoxy) is 1. The molecule has 110 valence electrons. The summed E-state index contributed by atoms with van der Waals surface area (Å²) in [5.74, 6) is 1.65. The van der Waals surface area contributed by atoms with Crippen molar-refractivity contribution in [1.82, 2.24) is 9.97 Å². The van der Waals surface area contributed by atoms with E-state index in [1.807, 2.05) is 38.1 Å². The molecule has 2 heterocycles. The van der Waals surface area contributed by atoms with Gasteiger partial charge in [-0.1, -0.05) is 12.1 Å². The third kappa shape index (κ3) is 2.89. The molecule has 0 saturated heterocycles. The third-order valence-electron chi connectivity index (χ3n) is 3.39. The second-order valence-corrected chi connectivity index (χ2v) is 4.98. The highest BCUT2D eigenvalue weighted by Gasteiger charge is 2.16. The monoisotopic (exact) mass is 286 g/mol. The van der Waals surface area contributed by atoms with Crippen LogP contribution in [0.15, 0.2) is 28.7 Å². The summed E-state index contributed by atoms with van der Waals surface area (Å²) >= 11 is 0. The van der Waals surface area contributed by atoms with Crippen LogP contribution in [-0.4, -0.2) is 29.7 Å². The number of furan rings is 1. The van der Waals surface area contributed by atoms with Crippen LogP contribution in [0.3, 0.4) is 0 Å². The zero-order valence-corrected chi connectivity index (χ0v) is 12.4. The average Bonchev–Trinajstić information content (AvgIpc) is 2.86. The van der Waals surface area contributed by atoms with E-state index in [0.717, 1.165) is 59.9 Å². The Morgan fingerprint density at radius 3 is 2.95 bits per heavy atom. The molecule has 0 saturated carbocycles. The molecule has 21 heavy (non-hydrogen) atoms. The minimum absolute atomic E-state index is 0.764. The van der Waals surface area contributed by atoms with E-state index >= 15 is 0 Å². The van der Waals surface area contributed by atoms with Gasteiger partial charge in [0.2, 0.25) is 5.58 Å². The second-order valence-electron chi connectivity index (χ2n) is 4.98. The van der Waals surface area contributed by atoms with Crippen LogP contribution in [0.4, 0.5) is 5.82 Å². The Balaban J connectivity index is 1.90. The molecule has 0 radical (unpaired) electrons. The number of fused-ring (bicyclic) bond motifs is 3. The van der Waals surface area contributed by atoms with Gasteiger partial charge in [0.15, 0.2) is 0 Å². The van der Waals surface area contributed by atoms with Crippen molar-refractivity contribution < 1.29 is 14.5 Å². The number of nitrogens with zero attached hydrogens (tertiary/aromatic N) is 2. The number of nitrogens with two attached hydrogens (primary N) is 1. The Kier molecular flexibility index (Phi) is 4.13. The number of quaternary nitrogens is 1. The van der Waals surface area contributed by atoms with Gasteiger partial charge in [0.1, 0.15) is 16.9 Å². The number of aryl methyl sites for hydroxylation is 1. The lowest BCUT2D eigenvalue weighted by atomic mass is 10.2. The largest absolute Gasteiger partial charge is 0.446 e. The van der Waals surface area contributed by atoms with Gasteiger partial charge >= 0.3 is 0 Å². The van der Waals surface area contributed by atoms with Crippen LogP contribution in [0, 0.1) is 6.92 Å². The average molecular weight is 286 g/mol. The minimum atomic E-state index is 0.764. The SMILES string of the molecule is CCOCCC[NH2+]c1nc(C)nc2c1oc1ccccc12. The molecule has 0 bridgehead atoms. The van der Waals surface area contributed by atoms with E-state index in [-0.39, 0.29) is 0 Å². The summed E-state index contributed by atoms with van der Waals surface area (Å²) in [6, 6.07) is 7.97. The van der Waals surface area contributed by atoms with Crippen LogP contribution in [0.2, 0.25) is 0 Å². The van der Waals surface area contributed by atoms with Crippen molar-refractivity contribution in [2.75, 3.05) is 19.8 Å². The fraction of sp³-hybridized carbons (Fsp3) is 0.375. The smallest absolute Gasteiger partial charge is 0.272 e. The van der Waals surface area contributed by atoms with E-state index < -0.39 is 0 Å². The van der Waals surface area contributed by atoms with Gasteiger partial charge in [-0.15, -0.1) is 0 Å². The summed E-state index contributed by atoms with van der Waals surface area (Å²) in [6.45, 7) is 6.39. The van der Waals surface area contributed by atoms with Gasteiger partial charge in [-0.2, -0.15) is 4.98 Å². The molecular weight excluding hydrogens is 266 g/mol. The molecule has 5 nitrogen and oxygen atoms in total. The maximum absolute atomic E-state index is 5.93. The highest BCUT2D eigenvalue weighted by molar-refractivity contribution is 6.04. The highest BCUT2D eigenvalue weighted by atomic mass is 16.5. The number of rotatable bonds is 6. The Hall–Kier alpha value is -1.98. The van der Waals surface area contributed by atoms with Crippen LogP contribution in [0.1, 0.15) is 19.2 Å². The lowest BCUT2D eigenvalue weighted by molar-refractivity contribution is -0.574. The van der Waals surface area contributed by atoms with Crippen molar-refractivity contribution in [1.29, 1.82) is 0 Å². The zero-order valence-electron chi connectivity index (χ0n) is 12.4. The van der Waals surface area contributed by atoms with Crippen LogP contribution in [0.25, 0.3) is 22.1 Å². The minimum Gasteiger partial charge on any atom is -0.446 e. The fourth-order valence-corrected chi connectivity index (χ4v) is 2.44. The molecule has 3 aromatic rings. The van der Waals surface area contributed by atoms with Crippen LogP contribution < -0.4 is 5.32 Å². The summed E-state index contributed by atoms with van der Waals surface area (Å²) < 4.78 is 11.3. The standard InChI is InChI=1S/C16H19N3O2/c1-3-20-10-6-9-17-16-15-14(18-11(2)19-16)12-7-4-5-8-13(12)21-15/h4-5,7-8H,3,6,9-10H2,1-2H3,(H,17,18,19)/p+1. The predicted molar refractivity (Wildman–Crippen MR) is 81.6 cm³/mol. The van der Waals surface area contributed by atoms with Crippen molar-refractivity contribution in [2.24, 2.45) is 0 Å². The van der Waals surface area contributed by atoms with E-state index in [9.17, 15) is 0 Å². The van der Waals surface area contributed by atoms with Gasteiger partial charge in [-0.3, -0.25) is 5.32 Å². The molecular formula is C16H20N3O2+. The Morgan fingerprint density at radius 1 is 1.24 bits per heavy atom. The van der Waals surface area contributed by atoms with E-state index in [2.05, 4.69) is 15.3 Å². The topological polar surface area (TPSA) is 64.8 Å². The summed E-state index contributed by atoms with van der Waals surface area (Å²) in [4.78, 5) is 9.05. The molecule has 0 atom stereocenters. The van der Waals surface area contributed by atoms with Crippen molar-refractivity contribution >= 4 is 27.9 Å². The van der Waals surface area contributed by atoms with Crippen molar-refractivity contribution in [3.05, 3.63) is 30.1 Å². The first-order chi connectivity index (χ1) is 10.3. The Bertz CT molecular complexity index is 752. The van der Waals surface area contributed by atoms with Crippen molar-refractivity contribution in [3.63, 3.8) is 0 Å². The maximum Gasteiger partial charge on any atom is 0.272 e. The molecule has 2 N–H and O–H groups in total. The summed E-state index contributed by atoms with van der Waals surface area (Å²) in [5.41, 5.74) is 2.53. The molecule has 5 heteroatoms. The zero-order chi connectivity index (χ0) is 14.7. The van der Waals surface area contributed by atoms with E-state index in [0.29, 0.717) is 0 Å². The molecule has 0 aliphatic heterocycles. The first-order valence-electron chi connectivity index (χ1n) is 7.36. The van der Waals surface area contributed by atoms with Crippen molar-refractivity contribution in [2.45, 2.75) is 20.3 Å². The van der Waals surface area contributed by atoms with Gasteiger partial charge in [-0.25, -0.2) is 4.98 Å². The highest BCUT2D eigenvalue weighted by Crippen LogP contribution is 2.29. The summed E-state index contributed by atoms with van der Waals surface area (Å²) in [5, 5.41) is 3.15. The Labute approximate surface area is 123 Å². The molecule has 0 fully saturated rings. The molecule has 0 aliphatic carbocycles. The Morgan fingerprint density at radius 2 is 2.10 bits per heavy atom. The van der Waals surface area contributed by atoms with Gasteiger partial charge in [-0.05, 0) is 26.0 Å². The molecule has 1 aromatic carbocycles. The lowest BCUT2D eigenvalue weighted by Gasteiger charge is -2.02. The van der Waals surface area contributed by atoms with Crippen LogP contribution >= 0.6 is 0 Å². The lowest BCUT2D eigenvalue weighted by Crippen LogP contribution is -2.78. The van der Waals surface area contributed by atoms with Gasteiger partial charge in [0, 0.05) is 18.4 Å². The van der Waals surface area contributed by atoms with Gasteiger partial charge < -0.3 is 9.15 Å². The van der Waals surface area contributed by atoms with Gasteiger partial charge in [0.25, 0.3) is 5.82 Å². The second kappa shape index (κ2) is 6.20. The van der Waals surface area contributed by atoms with E-state index in [1.54, 1.807) is 0 Å². The molecule has 0 unspecified atom stereocenters. The van der Waals surface area contributed by atoms with Crippen LogP contribution in [0.5, 0.6) is 0 Å². The van der Waals surface area contributed by atoms with Gasteiger partial charge in [0.05, 0.1) is 13.2 Å². The van der Waals surface area contributed by atoms with Crippen LogP contribution in [-0.2, 0) is 4.74 Å². The fourth-order valence-electron chi connectivity index (χ4n) is 2.44. The first-order valence-corrected chi connectivity index (χ1v) is 7.36. The predicted octanol–water partition coefficient (Wildman–Crippen LogP) is 2.31. The molecule has 3 rings (SSSR count). The molecule has 2 aromatic heterocycles. The van der Waals surface area contributed by atoms with E-state index in [4.69, 9.17) is 9.15 Å².